The Bertz CT molecular complexity index is 1090. The molecular weight excluding hydrogens is 780 g/mol. The second kappa shape index (κ2) is 43.9. The molecule has 0 bridgehead atoms. The van der Waals surface area contributed by atoms with Crippen LogP contribution in [-0.2, 0) is 18.4 Å². The van der Waals surface area contributed by atoms with Crippen molar-refractivity contribution in [3.05, 3.63) is 36.5 Å². The first-order valence-corrected chi connectivity index (χ1v) is 27.4. The predicted molar refractivity (Wildman–Crippen MR) is 263 cm³/mol. The van der Waals surface area contributed by atoms with Gasteiger partial charge in [0.15, 0.2) is 0 Å². The van der Waals surface area contributed by atoms with Gasteiger partial charge in [-0.05, 0) is 51.4 Å². The summed E-state index contributed by atoms with van der Waals surface area (Å²) in [7, 11) is 1.56. The number of likely N-dealkylation sites (N-methyl/N-ethyl adjacent to an activating group) is 1. The quantitative estimate of drug-likeness (QED) is 0.0243. The molecule has 0 fully saturated rings. The average Bonchev–Trinajstić information content (AvgIpc) is 3.21. The molecule has 3 N–H and O–H groups in total. The number of nitrogens with zero attached hydrogens (tertiary/aromatic N) is 1. The maximum Gasteiger partial charge on any atom is 0.472 e. The van der Waals surface area contributed by atoms with Crippen LogP contribution in [-0.4, -0.2) is 73.4 Å². The highest BCUT2D eigenvalue weighted by Gasteiger charge is 2.27. The lowest BCUT2D eigenvalue weighted by molar-refractivity contribution is -0.870. The smallest absolute Gasteiger partial charge is 0.387 e. The molecule has 3 atom stereocenters. The van der Waals surface area contributed by atoms with Crippen LogP contribution in [0.4, 0.5) is 0 Å². The van der Waals surface area contributed by atoms with Crippen molar-refractivity contribution in [3.63, 3.8) is 0 Å². The van der Waals surface area contributed by atoms with Crippen LogP contribution in [0.25, 0.3) is 0 Å². The number of phosphoric acid groups is 1. The first-order valence-electron chi connectivity index (χ1n) is 25.9. The van der Waals surface area contributed by atoms with Gasteiger partial charge >= 0.3 is 7.82 Å². The normalized spacial score (nSPS) is 14.4. The lowest BCUT2D eigenvalue weighted by atomic mass is 10.0. The van der Waals surface area contributed by atoms with Crippen molar-refractivity contribution < 1.29 is 32.9 Å². The van der Waals surface area contributed by atoms with E-state index in [0.717, 1.165) is 38.5 Å². The van der Waals surface area contributed by atoms with Gasteiger partial charge in [0, 0.05) is 6.42 Å². The number of carbonyl (C=O) groups is 1. The summed E-state index contributed by atoms with van der Waals surface area (Å²) in [6.07, 6.45) is 55.6. The summed E-state index contributed by atoms with van der Waals surface area (Å²) in [6.45, 7) is 4.73. The lowest BCUT2D eigenvalue weighted by Gasteiger charge is -2.25. The predicted octanol–water partition coefficient (Wildman–Crippen LogP) is 15.0. The van der Waals surface area contributed by atoms with Crippen LogP contribution in [0.2, 0.25) is 0 Å². The maximum absolute atomic E-state index is 12.9. The van der Waals surface area contributed by atoms with Gasteiger partial charge in [-0.15, -0.1) is 0 Å². The average molecular weight is 882 g/mol. The number of aliphatic hydroxyl groups excluding tert-OH is 1. The number of unbranched alkanes of at least 4 members (excludes halogenated alkanes) is 30. The van der Waals surface area contributed by atoms with E-state index in [9.17, 15) is 19.4 Å². The van der Waals surface area contributed by atoms with E-state index >= 15 is 0 Å². The standard InChI is InChI=1S/C52H101N2O6P/c1-6-8-10-12-14-16-17-18-19-20-21-22-23-24-25-26-27-28-29-30-31-32-33-34-35-36-37-38-40-42-44-46-52(56)53-50(49-60-61(57,58)59-48-47-54(3,4)5)51(55)45-43-41-39-15-13-11-9-7-2/h13,15,20-21,43,45,50-51,55H,6-12,14,16-19,22-42,44,46-49H2,1-5H3,(H-,53,56,57,58)/p+1/b15-13+,21-20-,45-43+. The maximum atomic E-state index is 12.9. The van der Waals surface area contributed by atoms with Gasteiger partial charge in [0.05, 0.1) is 39.9 Å². The van der Waals surface area contributed by atoms with E-state index < -0.39 is 20.0 Å². The zero-order chi connectivity index (χ0) is 45.0. The molecule has 1 amide bonds. The van der Waals surface area contributed by atoms with Crippen LogP contribution in [0.1, 0.15) is 239 Å². The number of allylic oxidation sites excluding steroid dienone is 5. The molecule has 0 saturated carbocycles. The minimum Gasteiger partial charge on any atom is -0.387 e. The molecule has 0 aromatic carbocycles. The molecule has 360 valence electrons. The van der Waals surface area contributed by atoms with E-state index in [1.165, 1.54) is 180 Å². The van der Waals surface area contributed by atoms with Crippen molar-refractivity contribution in [3.8, 4) is 0 Å². The van der Waals surface area contributed by atoms with Crippen molar-refractivity contribution in [2.75, 3.05) is 40.9 Å². The number of aliphatic hydroxyl groups is 1. The molecule has 0 rings (SSSR count). The first-order chi connectivity index (χ1) is 29.5. The molecule has 0 aromatic rings. The van der Waals surface area contributed by atoms with Crippen LogP contribution < -0.4 is 5.32 Å². The third kappa shape index (κ3) is 46.5. The summed E-state index contributed by atoms with van der Waals surface area (Å²) >= 11 is 0. The third-order valence-electron chi connectivity index (χ3n) is 11.6. The molecule has 0 aliphatic rings. The van der Waals surface area contributed by atoms with Crippen LogP contribution in [0, 0.1) is 0 Å². The zero-order valence-corrected chi connectivity index (χ0v) is 41.8. The molecule has 0 radical (unpaired) electrons. The lowest BCUT2D eigenvalue weighted by Crippen LogP contribution is -2.45. The highest BCUT2D eigenvalue weighted by Crippen LogP contribution is 2.43. The van der Waals surface area contributed by atoms with E-state index in [1.54, 1.807) is 6.08 Å². The molecular formula is C52H102N2O6P+. The Hall–Kier alpha value is -1.28. The van der Waals surface area contributed by atoms with Crippen LogP contribution in [0.3, 0.4) is 0 Å². The Balaban J connectivity index is 3.93. The van der Waals surface area contributed by atoms with E-state index in [0.29, 0.717) is 17.4 Å². The Morgan fingerprint density at radius 3 is 1.36 bits per heavy atom. The van der Waals surface area contributed by atoms with Gasteiger partial charge in [-0.2, -0.15) is 0 Å². The van der Waals surface area contributed by atoms with Gasteiger partial charge in [0.1, 0.15) is 13.2 Å². The molecule has 61 heavy (non-hydrogen) atoms. The fraction of sp³-hybridized carbons (Fsp3) is 0.865. The van der Waals surface area contributed by atoms with Gasteiger partial charge in [0.25, 0.3) is 0 Å². The summed E-state index contributed by atoms with van der Waals surface area (Å²) in [5, 5.41) is 13.7. The van der Waals surface area contributed by atoms with Gasteiger partial charge in [-0.3, -0.25) is 13.8 Å². The van der Waals surface area contributed by atoms with Crippen LogP contribution >= 0.6 is 7.82 Å². The second-order valence-electron chi connectivity index (χ2n) is 18.9. The minimum atomic E-state index is -4.34. The number of phosphoric ester groups is 1. The number of hydrogen-bond donors (Lipinski definition) is 3. The zero-order valence-electron chi connectivity index (χ0n) is 40.9. The number of carbonyl (C=O) groups excluding carboxylic acids is 1. The highest BCUT2D eigenvalue weighted by atomic mass is 31.2. The fourth-order valence-electron chi connectivity index (χ4n) is 7.45. The molecule has 9 heteroatoms. The van der Waals surface area contributed by atoms with Crippen molar-refractivity contribution >= 4 is 13.7 Å². The SMILES string of the molecule is CCCC/C=C/CC/C=C/C(O)C(COP(=O)(O)OCC[N+](C)(C)C)NC(=O)CCCCCCCCCCCCCCCCCCCCC/C=C\CCCCCCCCCC. The Labute approximate surface area is 378 Å². The summed E-state index contributed by atoms with van der Waals surface area (Å²) in [5.41, 5.74) is 0. The van der Waals surface area contributed by atoms with E-state index in [-0.39, 0.29) is 19.1 Å². The molecule has 0 aliphatic carbocycles. The Morgan fingerprint density at radius 1 is 0.541 bits per heavy atom. The van der Waals surface area contributed by atoms with Gasteiger partial charge in [-0.1, -0.05) is 217 Å². The summed E-state index contributed by atoms with van der Waals surface area (Å²) < 4.78 is 23.5. The number of rotatable bonds is 47. The third-order valence-corrected chi connectivity index (χ3v) is 12.6. The second-order valence-corrected chi connectivity index (χ2v) is 20.3. The van der Waals surface area contributed by atoms with E-state index in [4.69, 9.17) is 9.05 Å². The van der Waals surface area contributed by atoms with E-state index in [2.05, 4.69) is 43.5 Å². The Kier molecular flexibility index (Phi) is 43.0. The molecule has 0 aromatic heterocycles. The van der Waals surface area contributed by atoms with Crippen molar-refractivity contribution in [1.29, 1.82) is 0 Å². The molecule has 0 saturated heterocycles. The Morgan fingerprint density at radius 2 is 0.918 bits per heavy atom. The van der Waals surface area contributed by atoms with Gasteiger partial charge < -0.3 is 19.8 Å². The molecule has 0 heterocycles. The minimum absolute atomic E-state index is 0.0567. The number of nitrogens with one attached hydrogen (secondary N) is 1. The van der Waals surface area contributed by atoms with Gasteiger partial charge in [0.2, 0.25) is 5.91 Å². The first kappa shape index (κ1) is 59.7. The van der Waals surface area contributed by atoms with Crippen LogP contribution in [0.5, 0.6) is 0 Å². The van der Waals surface area contributed by atoms with E-state index in [1.807, 2.05) is 27.2 Å². The molecule has 0 aliphatic heterocycles. The fourth-order valence-corrected chi connectivity index (χ4v) is 8.19. The molecule has 3 unspecified atom stereocenters. The number of amides is 1. The summed E-state index contributed by atoms with van der Waals surface area (Å²) in [5.74, 6) is -0.188. The van der Waals surface area contributed by atoms with Crippen LogP contribution in [0.15, 0.2) is 36.5 Å². The monoisotopic (exact) mass is 882 g/mol. The van der Waals surface area contributed by atoms with Crippen molar-refractivity contribution in [2.24, 2.45) is 0 Å². The summed E-state index contributed by atoms with van der Waals surface area (Å²) in [4.78, 5) is 23.1. The highest BCUT2D eigenvalue weighted by molar-refractivity contribution is 7.47. The molecule has 0 spiro atoms. The summed E-state index contributed by atoms with van der Waals surface area (Å²) in [6, 6.07) is -0.858. The van der Waals surface area contributed by atoms with Crippen molar-refractivity contribution in [1.82, 2.24) is 5.32 Å². The topological polar surface area (TPSA) is 105 Å². The van der Waals surface area contributed by atoms with Gasteiger partial charge in [-0.25, -0.2) is 4.57 Å². The number of hydrogen-bond acceptors (Lipinski definition) is 5. The molecule has 8 nitrogen and oxygen atoms in total. The van der Waals surface area contributed by atoms with Crippen molar-refractivity contribution in [2.45, 2.75) is 251 Å². The number of quaternary nitrogens is 1. The largest absolute Gasteiger partial charge is 0.472 e.